The maximum atomic E-state index is 12.6. The number of carbonyl (C=O) groups is 1. The highest BCUT2D eigenvalue weighted by atomic mass is 16.5. The van der Waals surface area contributed by atoms with Gasteiger partial charge >= 0.3 is 0 Å². The van der Waals surface area contributed by atoms with E-state index in [4.69, 9.17) is 9.47 Å². The second-order valence-corrected chi connectivity index (χ2v) is 8.10. The molecular weight excluding hydrogens is 364 g/mol. The van der Waals surface area contributed by atoms with Crippen molar-refractivity contribution >= 4 is 11.6 Å². The number of methoxy groups -OCH3 is 1. The number of anilines is 1. The molecule has 1 heterocycles. The Morgan fingerprint density at radius 1 is 1.21 bits per heavy atom. The lowest BCUT2D eigenvalue weighted by molar-refractivity contribution is 0.0744. The zero-order valence-electron chi connectivity index (χ0n) is 17.7. The average molecular weight is 397 g/mol. The van der Waals surface area contributed by atoms with E-state index in [1.54, 1.807) is 19.1 Å². The van der Waals surface area contributed by atoms with Gasteiger partial charge in [0.25, 0.3) is 5.91 Å². The van der Waals surface area contributed by atoms with Crippen molar-refractivity contribution in [3.8, 4) is 5.75 Å². The highest BCUT2D eigenvalue weighted by Crippen LogP contribution is 2.35. The van der Waals surface area contributed by atoms with Gasteiger partial charge in [-0.2, -0.15) is 0 Å². The monoisotopic (exact) mass is 396 g/mol. The van der Waals surface area contributed by atoms with E-state index in [0.29, 0.717) is 25.3 Å². The van der Waals surface area contributed by atoms with Gasteiger partial charge in [-0.25, -0.2) is 0 Å². The van der Waals surface area contributed by atoms with Gasteiger partial charge in [0.05, 0.1) is 17.8 Å². The van der Waals surface area contributed by atoms with Crippen LogP contribution in [0.3, 0.4) is 0 Å². The van der Waals surface area contributed by atoms with Gasteiger partial charge in [0, 0.05) is 26.3 Å². The van der Waals surface area contributed by atoms with Gasteiger partial charge in [-0.15, -0.1) is 0 Å². The van der Waals surface area contributed by atoms with Crippen molar-refractivity contribution in [2.45, 2.75) is 38.1 Å². The van der Waals surface area contributed by atoms with Gasteiger partial charge in [0.1, 0.15) is 12.4 Å². The number of fused-ring (bicyclic) bond motifs is 1. The van der Waals surface area contributed by atoms with Crippen LogP contribution in [-0.4, -0.2) is 50.3 Å². The molecule has 0 aromatic heterocycles. The zero-order valence-corrected chi connectivity index (χ0v) is 17.7. The molecule has 1 amide bonds. The van der Waals surface area contributed by atoms with Crippen LogP contribution in [-0.2, 0) is 11.2 Å². The zero-order chi connectivity index (χ0) is 20.7. The first-order valence-corrected chi connectivity index (χ1v) is 10.3. The van der Waals surface area contributed by atoms with E-state index in [9.17, 15) is 4.79 Å². The lowest BCUT2D eigenvalue weighted by Crippen LogP contribution is -2.44. The molecule has 0 radical (unpaired) electrons. The number of carbonyl (C=O) groups excluding carboxylic acids is 1. The van der Waals surface area contributed by atoms with E-state index >= 15 is 0 Å². The number of benzene rings is 2. The molecule has 0 saturated carbocycles. The Balaban J connectivity index is 1.57. The van der Waals surface area contributed by atoms with Crippen LogP contribution in [0.25, 0.3) is 0 Å². The third-order valence-corrected chi connectivity index (χ3v) is 5.47. The number of nitrogens with zero attached hydrogens (tertiary/aromatic N) is 1. The van der Waals surface area contributed by atoms with Crippen molar-refractivity contribution in [1.82, 2.24) is 4.90 Å². The number of hydrogen-bond acceptors (Lipinski definition) is 4. The smallest absolute Gasteiger partial charge is 0.253 e. The predicted molar refractivity (Wildman–Crippen MR) is 117 cm³/mol. The molecule has 1 aliphatic heterocycles. The first kappa shape index (κ1) is 21.2. The number of amides is 1. The Kier molecular flexibility index (Phi) is 7.15. The third kappa shape index (κ3) is 5.73. The Morgan fingerprint density at radius 3 is 2.76 bits per heavy atom. The molecule has 29 heavy (non-hydrogen) atoms. The van der Waals surface area contributed by atoms with Gasteiger partial charge in [-0.3, -0.25) is 4.79 Å². The van der Waals surface area contributed by atoms with Gasteiger partial charge < -0.3 is 19.7 Å². The van der Waals surface area contributed by atoms with Gasteiger partial charge in [-0.05, 0) is 49.9 Å². The minimum atomic E-state index is -0.132. The van der Waals surface area contributed by atoms with E-state index in [2.05, 4.69) is 42.6 Å². The number of unbranched alkanes of at least 4 members (excludes halogenated alkanes) is 1. The predicted octanol–water partition coefficient (Wildman–Crippen LogP) is 4.38. The summed E-state index contributed by atoms with van der Waals surface area (Å²) < 4.78 is 11.1. The molecule has 0 fully saturated rings. The first-order valence-electron chi connectivity index (χ1n) is 10.3. The molecule has 1 N–H and O–H groups in total. The summed E-state index contributed by atoms with van der Waals surface area (Å²) in [4.78, 5) is 14.3. The summed E-state index contributed by atoms with van der Waals surface area (Å²) in [6.07, 6.45) is 4.39. The molecule has 2 aromatic carbocycles. The Morgan fingerprint density at radius 2 is 2.00 bits per heavy atom. The minimum absolute atomic E-state index is 0.0122. The van der Waals surface area contributed by atoms with Crippen molar-refractivity contribution in [2.24, 2.45) is 0 Å². The van der Waals surface area contributed by atoms with Gasteiger partial charge in [0.15, 0.2) is 0 Å². The molecule has 0 saturated heterocycles. The molecule has 1 unspecified atom stereocenters. The Bertz CT molecular complexity index is 809. The molecule has 1 aliphatic rings. The molecule has 0 spiro atoms. The second kappa shape index (κ2) is 9.79. The van der Waals surface area contributed by atoms with Crippen molar-refractivity contribution in [3.05, 3.63) is 59.7 Å². The van der Waals surface area contributed by atoms with Crippen molar-refractivity contribution < 1.29 is 14.3 Å². The van der Waals surface area contributed by atoms with E-state index in [1.807, 2.05) is 18.2 Å². The summed E-state index contributed by atoms with van der Waals surface area (Å²) in [5.41, 5.74) is 2.81. The topological polar surface area (TPSA) is 50.8 Å². The number of ether oxygens (including phenoxy) is 2. The fourth-order valence-electron chi connectivity index (χ4n) is 3.66. The first-order chi connectivity index (χ1) is 14.0. The molecule has 3 rings (SSSR count). The van der Waals surface area contributed by atoms with Crippen LogP contribution >= 0.6 is 0 Å². The average Bonchev–Trinajstić information content (AvgIpc) is 2.74. The standard InChI is InChI=1S/C24H32N2O3/c1-24(14-8-7-11-19-9-5-4-6-10-19)18-29-22-13-12-20(17-21(22)25-24)23(27)26(2)15-16-28-3/h4-6,9-10,12-13,17,25H,7-8,11,14-16,18H2,1-3H3. The maximum Gasteiger partial charge on any atom is 0.253 e. The molecular formula is C24H32N2O3. The Labute approximate surface area is 174 Å². The largest absolute Gasteiger partial charge is 0.489 e. The van der Waals surface area contributed by atoms with Gasteiger partial charge in [-0.1, -0.05) is 36.8 Å². The van der Waals surface area contributed by atoms with Crippen LogP contribution in [0.1, 0.15) is 42.1 Å². The second-order valence-electron chi connectivity index (χ2n) is 8.10. The van der Waals surface area contributed by atoms with E-state index in [-0.39, 0.29) is 11.4 Å². The fourth-order valence-corrected chi connectivity index (χ4v) is 3.66. The number of aryl methyl sites for hydroxylation is 1. The minimum Gasteiger partial charge on any atom is -0.489 e. The molecule has 156 valence electrons. The Hall–Kier alpha value is -2.53. The van der Waals surface area contributed by atoms with Crippen LogP contribution in [0.2, 0.25) is 0 Å². The summed E-state index contributed by atoms with van der Waals surface area (Å²) in [7, 11) is 3.43. The van der Waals surface area contributed by atoms with E-state index in [1.165, 1.54) is 5.56 Å². The van der Waals surface area contributed by atoms with Crippen LogP contribution in [0.5, 0.6) is 5.75 Å². The number of likely N-dealkylation sites (N-methyl/N-ethyl adjacent to an activating group) is 1. The molecule has 0 bridgehead atoms. The SMILES string of the molecule is COCCN(C)C(=O)c1ccc2c(c1)NC(C)(CCCCc1ccccc1)CO2. The number of nitrogens with one attached hydrogen (secondary N) is 1. The van der Waals surface area contributed by atoms with Crippen molar-refractivity contribution in [2.75, 3.05) is 39.2 Å². The lowest BCUT2D eigenvalue weighted by Gasteiger charge is -2.37. The van der Waals surface area contributed by atoms with E-state index in [0.717, 1.165) is 37.1 Å². The fraction of sp³-hybridized carbons (Fsp3) is 0.458. The highest BCUT2D eigenvalue weighted by molar-refractivity contribution is 5.95. The number of hydrogen-bond donors (Lipinski definition) is 1. The maximum absolute atomic E-state index is 12.6. The molecule has 5 nitrogen and oxygen atoms in total. The summed E-state index contributed by atoms with van der Waals surface area (Å²) in [6, 6.07) is 16.2. The van der Waals surface area contributed by atoms with Crippen LogP contribution in [0.15, 0.2) is 48.5 Å². The lowest BCUT2D eigenvalue weighted by atomic mass is 9.92. The van der Waals surface area contributed by atoms with E-state index < -0.39 is 0 Å². The summed E-state index contributed by atoms with van der Waals surface area (Å²) in [5, 5.41) is 3.63. The molecule has 2 aromatic rings. The van der Waals surface area contributed by atoms with Crippen LogP contribution in [0.4, 0.5) is 5.69 Å². The highest BCUT2D eigenvalue weighted by Gasteiger charge is 2.30. The molecule has 1 atom stereocenters. The summed E-state index contributed by atoms with van der Waals surface area (Å²) in [6.45, 7) is 3.91. The third-order valence-electron chi connectivity index (χ3n) is 5.47. The summed E-state index contributed by atoms with van der Waals surface area (Å²) in [5.74, 6) is 0.796. The quantitative estimate of drug-likeness (QED) is 0.639. The summed E-state index contributed by atoms with van der Waals surface area (Å²) >= 11 is 0. The van der Waals surface area contributed by atoms with Gasteiger partial charge in [0.2, 0.25) is 0 Å². The molecule has 5 heteroatoms. The van der Waals surface area contributed by atoms with Crippen LogP contribution in [0, 0.1) is 0 Å². The normalized spacial score (nSPS) is 17.8. The van der Waals surface area contributed by atoms with Crippen molar-refractivity contribution in [3.63, 3.8) is 0 Å². The molecule has 0 aliphatic carbocycles. The number of rotatable bonds is 9. The van der Waals surface area contributed by atoms with Crippen molar-refractivity contribution in [1.29, 1.82) is 0 Å². The van der Waals surface area contributed by atoms with Crippen LogP contribution < -0.4 is 10.1 Å².